The highest BCUT2D eigenvalue weighted by molar-refractivity contribution is 6.20. The Labute approximate surface area is 299 Å². The Morgan fingerprint density at radius 1 is 0.327 bits per heavy atom. The molecule has 3 aromatic heterocycles. The Bertz CT molecular complexity index is 3170. The molecular formula is C48H30N4. The summed E-state index contributed by atoms with van der Waals surface area (Å²) in [6, 6.07) is 64.9. The minimum atomic E-state index is 0.709. The van der Waals surface area contributed by atoms with Crippen LogP contribution in [0.2, 0.25) is 0 Å². The van der Waals surface area contributed by atoms with Crippen LogP contribution in [0.1, 0.15) is 0 Å². The fourth-order valence-corrected chi connectivity index (χ4v) is 8.10. The molecule has 242 valence electrons. The van der Waals surface area contributed by atoms with Crippen molar-refractivity contribution >= 4 is 65.3 Å². The molecule has 0 amide bonds. The van der Waals surface area contributed by atoms with Crippen LogP contribution in [0.15, 0.2) is 182 Å². The van der Waals surface area contributed by atoms with E-state index in [0.29, 0.717) is 5.82 Å². The first kappa shape index (κ1) is 28.8. The number of hydrogen-bond donors (Lipinski definition) is 0. The van der Waals surface area contributed by atoms with Gasteiger partial charge in [-0.25, -0.2) is 9.97 Å². The molecule has 11 aromatic rings. The third-order valence-electron chi connectivity index (χ3n) is 10.5. The molecule has 11 rings (SSSR count). The van der Waals surface area contributed by atoms with Gasteiger partial charge in [0.1, 0.15) is 0 Å². The third kappa shape index (κ3) is 4.34. The van der Waals surface area contributed by atoms with Gasteiger partial charge in [0.05, 0.1) is 33.3 Å². The van der Waals surface area contributed by atoms with Gasteiger partial charge in [0.15, 0.2) is 5.82 Å². The molecule has 0 N–H and O–H groups in total. The van der Waals surface area contributed by atoms with Crippen molar-refractivity contribution in [3.05, 3.63) is 182 Å². The molecule has 0 aliphatic heterocycles. The molecule has 8 aromatic carbocycles. The summed E-state index contributed by atoms with van der Waals surface area (Å²) in [7, 11) is 0. The van der Waals surface area contributed by atoms with Gasteiger partial charge in [-0.15, -0.1) is 0 Å². The van der Waals surface area contributed by atoms with E-state index in [1.54, 1.807) is 0 Å². The van der Waals surface area contributed by atoms with Gasteiger partial charge in [0.25, 0.3) is 0 Å². The summed E-state index contributed by atoms with van der Waals surface area (Å²) in [6.45, 7) is 0. The molecule has 0 aliphatic carbocycles. The Morgan fingerprint density at radius 2 is 0.885 bits per heavy atom. The van der Waals surface area contributed by atoms with Gasteiger partial charge < -0.3 is 9.13 Å². The normalized spacial score (nSPS) is 11.8. The lowest BCUT2D eigenvalue weighted by atomic mass is 10.0. The van der Waals surface area contributed by atoms with Gasteiger partial charge in [-0.05, 0) is 71.4 Å². The highest BCUT2D eigenvalue weighted by Gasteiger charge is 2.20. The predicted octanol–water partition coefficient (Wildman–Crippen LogP) is 12.3. The maximum Gasteiger partial charge on any atom is 0.160 e. The van der Waals surface area contributed by atoms with Crippen LogP contribution in [-0.4, -0.2) is 19.1 Å². The van der Waals surface area contributed by atoms with Crippen molar-refractivity contribution in [3.63, 3.8) is 0 Å². The van der Waals surface area contributed by atoms with Crippen LogP contribution in [-0.2, 0) is 0 Å². The lowest BCUT2D eigenvalue weighted by molar-refractivity contribution is 1.17. The summed E-state index contributed by atoms with van der Waals surface area (Å²) in [5.41, 5.74) is 10.9. The van der Waals surface area contributed by atoms with Crippen LogP contribution in [0.4, 0.5) is 0 Å². The highest BCUT2D eigenvalue weighted by atomic mass is 15.0. The fourth-order valence-electron chi connectivity index (χ4n) is 8.10. The van der Waals surface area contributed by atoms with Gasteiger partial charge in [0.2, 0.25) is 0 Å². The molecule has 3 heterocycles. The Hall–Kier alpha value is -7.04. The minimum absolute atomic E-state index is 0.709. The molecule has 0 spiro atoms. The minimum Gasteiger partial charge on any atom is -0.309 e. The van der Waals surface area contributed by atoms with Crippen molar-refractivity contribution in [2.45, 2.75) is 0 Å². The first-order valence-electron chi connectivity index (χ1n) is 17.7. The number of para-hydroxylation sites is 3. The molecule has 0 saturated carbocycles. The quantitative estimate of drug-likeness (QED) is 0.188. The van der Waals surface area contributed by atoms with Crippen LogP contribution in [0, 0.1) is 0 Å². The molecule has 0 fully saturated rings. The Kier molecular flexibility index (Phi) is 6.22. The molecule has 0 saturated heterocycles. The maximum atomic E-state index is 5.20. The van der Waals surface area contributed by atoms with Crippen LogP contribution in [0.3, 0.4) is 0 Å². The second kappa shape index (κ2) is 11.2. The van der Waals surface area contributed by atoms with E-state index in [0.717, 1.165) is 50.1 Å². The van der Waals surface area contributed by atoms with Crippen LogP contribution < -0.4 is 0 Å². The van der Waals surface area contributed by atoms with Crippen molar-refractivity contribution in [1.82, 2.24) is 19.1 Å². The SMILES string of the molecule is c1ccc(-c2nc(-c3cccc(-n4c5ccccc5c5cc6c(cc54)c4cc5ccccc5cc4n6-c4ccccc4)c3)nc3ccccc23)cc1. The van der Waals surface area contributed by atoms with Crippen LogP contribution in [0.25, 0.3) is 99.3 Å². The second-order valence-corrected chi connectivity index (χ2v) is 13.5. The summed E-state index contributed by atoms with van der Waals surface area (Å²) in [5.74, 6) is 0.709. The molecular weight excluding hydrogens is 633 g/mol. The molecule has 4 heteroatoms. The topological polar surface area (TPSA) is 35.6 Å². The van der Waals surface area contributed by atoms with E-state index < -0.39 is 0 Å². The average molecular weight is 663 g/mol. The van der Waals surface area contributed by atoms with E-state index >= 15 is 0 Å². The van der Waals surface area contributed by atoms with Gasteiger partial charge in [-0.2, -0.15) is 0 Å². The monoisotopic (exact) mass is 662 g/mol. The summed E-state index contributed by atoms with van der Waals surface area (Å²) in [4.78, 5) is 10.3. The van der Waals surface area contributed by atoms with Crippen molar-refractivity contribution < 1.29 is 0 Å². The van der Waals surface area contributed by atoms with Crippen molar-refractivity contribution in [3.8, 4) is 34.0 Å². The number of fused-ring (bicyclic) bond motifs is 8. The number of nitrogens with zero attached hydrogens (tertiary/aromatic N) is 4. The van der Waals surface area contributed by atoms with Gasteiger partial charge in [-0.3, -0.25) is 0 Å². The standard InChI is InChI=1S/C48H30N4/c1-3-14-31(15-4-1)47-38-23-9-11-24-42(38)49-48(50-47)34-18-13-21-36(26-34)52-43-25-12-10-22-37(43)40-29-46-41(30-45(40)52)39-27-32-16-7-8-17-33(32)28-44(39)51(46)35-19-5-2-6-20-35/h1-30H. The summed E-state index contributed by atoms with van der Waals surface area (Å²) < 4.78 is 4.82. The molecule has 4 nitrogen and oxygen atoms in total. The predicted molar refractivity (Wildman–Crippen MR) is 217 cm³/mol. The maximum absolute atomic E-state index is 5.20. The summed E-state index contributed by atoms with van der Waals surface area (Å²) >= 11 is 0. The highest BCUT2D eigenvalue weighted by Crippen LogP contribution is 2.41. The van der Waals surface area contributed by atoms with Crippen molar-refractivity contribution in [2.24, 2.45) is 0 Å². The smallest absolute Gasteiger partial charge is 0.160 e. The Morgan fingerprint density at radius 3 is 1.69 bits per heavy atom. The molecule has 52 heavy (non-hydrogen) atoms. The van der Waals surface area contributed by atoms with E-state index in [4.69, 9.17) is 9.97 Å². The van der Waals surface area contributed by atoms with Gasteiger partial charge in [-0.1, -0.05) is 121 Å². The van der Waals surface area contributed by atoms with Gasteiger partial charge >= 0.3 is 0 Å². The van der Waals surface area contributed by atoms with E-state index in [9.17, 15) is 0 Å². The molecule has 0 unspecified atom stereocenters. The largest absolute Gasteiger partial charge is 0.309 e. The zero-order valence-corrected chi connectivity index (χ0v) is 28.1. The summed E-state index contributed by atoms with van der Waals surface area (Å²) in [6.07, 6.45) is 0. The second-order valence-electron chi connectivity index (χ2n) is 13.5. The van der Waals surface area contributed by atoms with E-state index in [-0.39, 0.29) is 0 Å². The van der Waals surface area contributed by atoms with E-state index in [1.807, 2.05) is 12.1 Å². The number of rotatable bonds is 4. The summed E-state index contributed by atoms with van der Waals surface area (Å²) in [5, 5.41) is 8.41. The molecule has 0 radical (unpaired) electrons. The fraction of sp³-hybridized carbons (Fsp3) is 0. The number of aromatic nitrogens is 4. The molecule has 0 bridgehead atoms. The number of hydrogen-bond acceptors (Lipinski definition) is 2. The van der Waals surface area contributed by atoms with Crippen molar-refractivity contribution in [1.29, 1.82) is 0 Å². The lowest BCUT2D eigenvalue weighted by Crippen LogP contribution is -1.98. The number of benzene rings is 8. The average Bonchev–Trinajstić information content (AvgIpc) is 3.70. The van der Waals surface area contributed by atoms with Crippen molar-refractivity contribution in [2.75, 3.05) is 0 Å². The zero-order valence-electron chi connectivity index (χ0n) is 28.1. The Balaban J connectivity index is 1.18. The van der Waals surface area contributed by atoms with Crippen LogP contribution in [0.5, 0.6) is 0 Å². The lowest BCUT2D eigenvalue weighted by Gasteiger charge is -2.12. The molecule has 0 atom stereocenters. The van der Waals surface area contributed by atoms with Crippen LogP contribution >= 0.6 is 0 Å². The first-order valence-corrected chi connectivity index (χ1v) is 17.7. The first-order chi connectivity index (χ1) is 25.8. The van der Waals surface area contributed by atoms with E-state index in [2.05, 4.69) is 179 Å². The third-order valence-corrected chi connectivity index (χ3v) is 10.5. The zero-order chi connectivity index (χ0) is 34.2. The van der Waals surface area contributed by atoms with E-state index in [1.165, 1.54) is 43.4 Å². The molecule has 0 aliphatic rings. The van der Waals surface area contributed by atoms with Gasteiger partial charge in [0, 0.05) is 49.4 Å².